The standard InChI is InChI=1S/C20H23N3O2S/c1-22(16-11-14(13-26)10-15(21)12-16)8-4-5-9-23-19(24)17-6-2-3-7-18(17)20(23)25/h2-3,6-7,10-12,26H,4-5,8-9,13,21H2,1H3. The first kappa shape index (κ1) is 18.3. The number of fused-ring (bicyclic) bond motifs is 1. The van der Waals surface area contributed by atoms with Gasteiger partial charge in [0, 0.05) is 37.3 Å². The molecule has 3 rings (SSSR count). The number of thiol groups is 1. The van der Waals surface area contributed by atoms with Crippen LogP contribution in [0.2, 0.25) is 0 Å². The number of hydrogen-bond acceptors (Lipinski definition) is 5. The zero-order chi connectivity index (χ0) is 18.7. The third-order valence-corrected chi connectivity index (χ3v) is 4.99. The molecule has 0 radical (unpaired) electrons. The van der Waals surface area contributed by atoms with E-state index in [0.717, 1.165) is 36.3 Å². The Bertz CT molecular complexity index is 803. The zero-order valence-electron chi connectivity index (χ0n) is 14.8. The van der Waals surface area contributed by atoms with Crippen LogP contribution in [0.15, 0.2) is 42.5 Å². The van der Waals surface area contributed by atoms with Gasteiger partial charge in [-0.3, -0.25) is 14.5 Å². The largest absolute Gasteiger partial charge is 0.399 e. The molecule has 0 saturated heterocycles. The summed E-state index contributed by atoms with van der Waals surface area (Å²) < 4.78 is 0. The molecule has 0 unspecified atom stereocenters. The molecule has 0 aliphatic carbocycles. The van der Waals surface area contributed by atoms with Crippen molar-refractivity contribution in [3.05, 3.63) is 59.2 Å². The highest BCUT2D eigenvalue weighted by Gasteiger charge is 2.34. The monoisotopic (exact) mass is 369 g/mol. The molecule has 0 saturated carbocycles. The Morgan fingerprint density at radius 2 is 1.69 bits per heavy atom. The van der Waals surface area contributed by atoms with Gasteiger partial charge in [0.15, 0.2) is 0 Å². The lowest BCUT2D eigenvalue weighted by atomic mass is 10.1. The van der Waals surface area contributed by atoms with Crippen molar-refractivity contribution in [1.29, 1.82) is 0 Å². The highest BCUT2D eigenvalue weighted by atomic mass is 32.1. The quantitative estimate of drug-likeness (QED) is 0.340. The van der Waals surface area contributed by atoms with Crippen LogP contribution in [-0.2, 0) is 5.75 Å². The van der Waals surface area contributed by atoms with Crippen molar-refractivity contribution in [2.75, 3.05) is 30.8 Å². The molecular formula is C20H23N3O2S. The summed E-state index contributed by atoms with van der Waals surface area (Å²) in [5.74, 6) is 0.271. The molecule has 0 aromatic heterocycles. The predicted molar refractivity (Wildman–Crippen MR) is 108 cm³/mol. The number of nitrogen functional groups attached to an aromatic ring is 1. The third kappa shape index (κ3) is 3.70. The van der Waals surface area contributed by atoms with Gasteiger partial charge in [-0.2, -0.15) is 12.6 Å². The average molecular weight is 369 g/mol. The second-order valence-electron chi connectivity index (χ2n) is 6.53. The second-order valence-corrected chi connectivity index (χ2v) is 6.84. The van der Waals surface area contributed by atoms with Gasteiger partial charge < -0.3 is 10.6 Å². The summed E-state index contributed by atoms with van der Waals surface area (Å²) in [7, 11) is 2.01. The van der Waals surface area contributed by atoms with Crippen LogP contribution >= 0.6 is 12.6 Å². The lowest BCUT2D eigenvalue weighted by Crippen LogP contribution is -2.31. The van der Waals surface area contributed by atoms with Crippen LogP contribution < -0.4 is 10.6 Å². The van der Waals surface area contributed by atoms with Crippen LogP contribution in [-0.4, -0.2) is 36.9 Å². The van der Waals surface area contributed by atoms with Crippen molar-refractivity contribution >= 4 is 35.8 Å². The van der Waals surface area contributed by atoms with Gasteiger partial charge in [0.2, 0.25) is 0 Å². The van der Waals surface area contributed by atoms with Crippen LogP contribution in [0, 0.1) is 0 Å². The van der Waals surface area contributed by atoms with Gasteiger partial charge in [-0.1, -0.05) is 12.1 Å². The first-order chi connectivity index (χ1) is 12.5. The summed E-state index contributed by atoms with van der Waals surface area (Å²) in [6, 6.07) is 12.9. The fourth-order valence-corrected chi connectivity index (χ4v) is 3.38. The van der Waals surface area contributed by atoms with Crippen molar-refractivity contribution in [2.45, 2.75) is 18.6 Å². The number of nitrogens with zero attached hydrogens (tertiary/aromatic N) is 2. The van der Waals surface area contributed by atoms with E-state index in [4.69, 9.17) is 5.73 Å². The molecule has 2 amide bonds. The molecule has 2 aromatic rings. The van der Waals surface area contributed by atoms with E-state index in [2.05, 4.69) is 23.6 Å². The maximum Gasteiger partial charge on any atom is 0.261 e. The normalized spacial score (nSPS) is 13.2. The summed E-state index contributed by atoms with van der Waals surface area (Å²) in [6.07, 6.45) is 1.63. The lowest BCUT2D eigenvalue weighted by Gasteiger charge is -2.21. The van der Waals surface area contributed by atoms with Gasteiger partial charge in [-0.15, -0.1) is 0 Å². The van der Waals surface area contributed by atoms with Crippen LogP contribution in [0.3, 0.4) is 0 Å². The molecule has 0 fully saturated rings. The van der Waals surface area contributed by atoms with E-state index in [9.17, 15) is 9.59 Å². The van der Waals surface area contributed by atoms with Crippen LogP contribution in [0.25, 0.3) is 0 Å². The van der Waals surface area contributed by atoms with Crippen molar-refractivity contribution in [3.8, 4) is 0 Å². The van der Waals surface area contributed by atoms with E-state index < -0.39 is 0 Å². The number of nitrogens with two attached hydrogens (primary N) is 1. The summed E-state index contributed by atoms with van der Waals surface area (Å²) >= 11 is 4.30. The van der Waals surface area contributed by atoms with Gasteiger partial charge in [0.05, 0.1) is 11.1 Å². The smallest absolute Gasteiger partial charge is 0.261 e. The van der Waals surface area contributed by atoms with Crippen LogP contribution in [0.4, 0.5) is 11.4 Å². The zero-order valence-corrected chi connectivity index (χ0v) is 15.7. The van der Waals surface area contributed by atoms with Gasteiger partial charge in [0.25, 0.3) is 11.8 Å². The number of imide groups is 1. The van der Waals surface area contributed by atoms with Crippen LogP contribution in [0.1, 0.15) is 39.1 Å². The molecule has 26 heavy (non-hydrogen) atoms. The molecule has 136 valence electrons. The highest BCUT2D eigenvalue weighted by molar-refractivity contribution is 7.79. The molecule has 1 heterocycles. The lowest BCUT2D eigenvalue weighted by molar-refractivity contribution is 0.0652. The summed E-state index contributed by atoms with van der Waals surface area (Å²) in [4.78, 5) is 28.2. The fourth-order valence-electron chi connectivity index (χ4n) is 3.20. The average Bonchev–Trinajstić information content (AvgIpc) is 2.89. The van der Waals surface area contributed by atoms with E-state index in [1.807, 2.05) is 19.2 Å². The molecule has 1 aliphatic heterocycles. The van der Waals surface area contributed by atoms with Crippen LogP contribution in [0.5, 0.6) is 0 Å². The minimum atomic E-state index is -0.187. The third-order valence-electron chi connectivity index (χ3n) is 4.63. The maximum atomic E-state index is 12.3. The maximum absolute atomic E-state index is 12.3. The van der Waals surface area contributed by atoms with Crippen molar-refractivity contribution in [2.24, 2.45) is 0 Å². The SMILES string of the molecule is CN(CCCCN1C(=O)c2ccccc2C1=O)c1cc(N)cc(CS)c1. The molecular weight excluding hydrogens is 346 g/mol. The number of amides is 2. The van der Waals surface area contributed by atoms with Crippen molar-refractivity contribution in [1.82, 2.24) is 4.90 Å². The summed E-state index contributed by atoms with van der Waals surface area (Å²) in [5.41, 5.74) is 9.82. The van der Waals surface area contributed by atoms with Gasteiger partial charge in [0.1, 0.15) is 0 Å². The number of carbonyl (C=O) groups is 2. The van der Waals surface area contributed by atoms with Crippen molar-refractivity contribution < 1.29 is 9.59 Å². The highest BCUT2D eigenvalue weighted by Crippen LogP contribution is 2.23. The van der Waals surface area contributed by atoms with E-state index in [1.54, 1.807) is 24.3 Å². The van der Waals surface area contributed by atoms with Gasteiger partial charge in [-0.25, -0.2) is 0 Å². The number of unbranched alkanes of at least 4 members (excludes halogenated alkanes) is 1. The number of rotatable bonds is 7. The number of hydrogen-bond donors (Lipinski definition) is 2. The summed E-state index contributed by atoms with van der Waals surface area (Å²) in [5, 5.41) is 0. The fraction of sp³-hybridized carbons (Fsp3) is 0.300. The summed E-state index contributed by atoms with van der Waals surface area (Å²) in [6.45, 7) is 1.26. The number of anilines is 2. The molecule has 6 heteroatoms. The Kier molecular flexibility index (Phi) is 5.52. The molecule has 0 spiro atoms. The van der Waals surface area contributed by atoms with Gasteiger partial charge >= 0.3 is 0 Å². The minimum Gasteiger partial charge on any atom is -0.399 e. The first-order valence-electron chi connectivity index (χ1n) is 8.68. The molecule has 1 aliphatic rings. The first-order valence-corrected chi connectivity index (χ1v) is 9.31. The van der Waals surface area contributed by atoms with E-state index >= 15 is 0 Å². The topological polar surface area (TPSA) is 66.6 Å². The molecule has 0 atom stereocenters. The minimum absolute atomic E-state index is 0.187. The Hall–Kier alpha value is -2.47. The van der Waals surface area contributed by atoms with E-state index in [1.165, 1.54) is 4.90 Å². The molecule has 2 aromatic carbocycles. The van der Waals surface area contributed by atoms with Crippen molar-refractivity contribution in [3.63, 3.8) is 0 Å². The number of benzene rings is 2. The molecule has 2 N–H and O–H groups in total. The van der Waals surface area contributed by atoms with E-state index in [-0.39, 0.29) is 11.8 Å². The van der Waals surface area contributed by atoms with Gasteiger partial charge in [-0.05, 0) is 48.7 Å². The predicted octanol–water partition coefficient (Wildman–Crippen LogP) is 3.21. The molecule has 5 nitrogen and oxygen atoms in total. The Morgan fingerprint density at radius 1 is 1.04 bits per heavy atom. The van der Waals surface area contributed by atoms with E-state index in [0.29, 0.717) is 23.4 Å². The Balaban J connectivity index is 1.53. The second kappa shape index (κ2) is 7.83. The number of carbonyl (C=O) groups excluding carboxylic acids is 2. The Morgan fingerprint density at radius 3 is 2.31 bits per heavy atom. The molecule has 0 bridgehead atoms. The Labute approximate surface area is 159 Å².